The Bertz CT molecular complexity index is 577. The molecule has 0 aliphatic carbocycles. The van der Waals surface area contributed by atoms with Crippen molar-refractivity contribution in [2.45, 2.75) is 37.1 Å². The average molecular weight is 372 g/mol. The van der Waals surface area contributed by atoms with Crippen molar-refractivity contribution in [2.24, 2.45) is 5.92 Å². The molecule has 8 heteroatoms. The van der Waals surface area contributed by atoms with Crippen LogP contribution in [0.5, 0.6) is 0 Å². The first-order valence-corrected chi connectivity index (χ1v) is 10.0. The highest BCUT2D eigenvalue weighted by molar-refractivity contribution is 8.01. The van der Waals surface area contributed by atoms with E-state index in [1.807, 2.05) is 4.90 Å². The minimum Gasteiger partial charge on any atom is -0.476 e. The summed E-state index contributed by atoms with van der Waals surface area (Å²) in [6.45, 7) is 7.03. The molecule has 0 aromatic carbocycles. The Labute approximate surface area is 151 Å². The van der Waals surface area contributed by atoms with Gasteiger partial charge in [-0.3, -0.25) is 4.79 Å². The highest BCUT2D eigenvalue weighted by Gasteiger charge is 2.31. The predicted molar refractivity (Wildman–Crippen MR) is 96.9 cm³/mol. The van der Waals surface area contributed by atoms with Gasteiger partial charge in [0.2, 0.25) is 5.91 Å². The molecule has 134 valence electrons. The monoisotopic (exact) mass is 371 g/mol. The fourth-order valence-corrected chi connectivity index (χ4v) is 4.81. The zero-order chi connectivity index (χ0) is 17.7. The van der Waals surface area contributed by atoms with E-state index in [-0.39, 0.29) is 17.6 Å². The second-order valence-electron chi connectivity index (χ2n) is 6.55. The molecular formula is C16H25N3O3S2. The van der Waals surface area contributed by atoms with Gasteiger partial charge in [-0.2, -0.15) is 0 Å². The van der Waals surface area contributed by atoms with Crippen molar-refractivity contribution in [3.8, 4) is 0 Å². The lowest BCUT2D eigenvalue weighted by Gasteiger charge is -2.29. The summed E-state index contributed by atoms with van der Waals surface area (Å²) in [4.78, 5) is 31.3. The van der Waals surface area contributed by atoms with Gasteiger partial charge < -0.3 is 14.9 Å². The van der Waals surface area contributed by atoms with E-state index >= 15 is 0 Å². The molecular weight excluding hydrogens is 346 g/mol. The number of nitrogens with zero attached hydrogens (tertiary/aromatic N) is 3. The van der Waals surface area contributed by atoms with Crippen molar-refractivity contribution in [1.29, 1.82) is 0 Å². The standard InChI is InChI=1S/C16H25N3O3S2/c1-11(2)8-18(3)9-12-4-5-14(20)19(12)6-7-23-16-17-13(10-24-16)15(21)22/h10-12H,4-9H2,1-3H3,(H,21,22). The second kappa shape index (κ2) is 8.82. The van der Waals surface area contributed by atoms with Gasteiger partial charge in [0.25, 0.3) is 0 Å². The van der Waals surface area contributed by atoms with Crippen LogP contribution in [0.15, 0.2) is 9.72 Å². The maximum Gasteiger partial charge on any atom is 0.355 e. The molecule has 0 radical (unpaired) electrons. The van der Waals surface area contributed by atoms with Crippen molar-refractivity contribution in [2.75, 3.05) is 32.4 Å². The van der Waals surface area contributed by atoms with Crippen LogP contribution in [0.25, 0.3) is 0 Å². The number of rotatable bonds is 9. The Hall–Kier alpha value is -1.12. The summed E-state index contributed by atoms with van der Waals surface area (Å²) >= 11 is 2.85. The van der Waals surface area contributed by atoms with Gasteiger partial charge in [-0.15, -0.1) is 11.3 Å². The van der Waals surface area contributed by atoms with Gasteiger partial charge in [-0.25, -0.2) is 9.78 Å². The molecule has 1 aromatic rings. The van der Waals surface area contributed by atoms with Gasteiger partial charge in [-0.05, 0) is 19.4 Å². The van der Waals surface area contributed by atoms with Gasteiger partial charge in [0.1, 0.15) is 0 Å². The van der Waals surface area contributed by atoms with Gasteiger partial charge in [0.15, 0.2) is 10.0 Å². The first kappa shape index (κ1) is 19.2. The summed E-state index contributed by atoms with van der Waals surface area (Å²) < 4.78 is 0.743. The van der Waals surface area contributed by atoms with Gasteiger partial charge >= 0.3 is 5.97 Å². The van der Waals surface area contributed by atoms with Crippen LogP contribution in [0.1, 0.15) is 37.2 Å². The lowest BCUT2D eigenvalue weighted by Crippen LogP contribution is -2.42. The predicted octanol–water partition coefficient (Wildman–Crippen LogP) is 2.51. The molecule has 1 atom stereocenters. The molecule has 6 nitrogen and oxygen atoms in total. The summed E-state index contributed by atoms with van der Waals surface area (Å²) in [5, 5.41) is 10.4. The van der Waals surface area contributed by atoms with E-state index in [4.69, 9.17) is 5.11 Å². The minimum absolute atomic E-state index is 0.0907. The molecule has 1 aliphatic heterocycles. The topological polar surface area (TPSA) is 73.7 Å². The molecule has 2 rings (SSSR count). The zero-order valence-electron chi connectivity index (χ0n) is 14.4. The summed E-state index contributed by atoms with van der Waals surface area (Å²) in [6, 6.07) is 0.285. The SMILES string of the molecule is CC(C)CN(C)CC1CCC(=O)N1CCSc1nc(C(=O)O)cs1. The number of carboxylic acids is 1. The molecule has 0 spiro atoms. The van der Waals surface area contributed by atoms with Crippen molar-refractivity contribution in [3.05, 3.63) is 11.1 Å². The summed E-state index contributed by atoms with van der Waals surface area (Å²) in [5.41, 5.74) is 0.0907. The normalized spacial score (nSPS) is 18.1. The first-order valence-electron chi connectivity index (χ1n) is 8.16. The third kappa shape index (κ3) is 5.46. The third-order valence-corrected chi connectivity index (χ3v) is 5.91. The molecule has 2 heterocycles. The van der Waals surface area contributed by atoms with Crippen LogP contribution in [-0.2, 0) is 4.79 Å². The quantitative estimate of drug-likeness (QED) is 0.673. The third-order valence-electron chi connectivity index (χ3n) is 3.91. The van der Waals surface area contributed by atoms with Crippen LogP contribution in [0.4, 0.5) is 0 Å². The van der Waals surface area contributed by atoms with Gasteiger partial charge in [0, 0.05) is 43.2 Å². The van der Waals surface area contributed by atoms with Gasteiger partial charge in [-0.1, -0.05) is 25.6 Å². The molecule has 1 N–H and O–H groups in total. The molecule has 1 amide bonds. The summed E-state index contributed by atoms with van der Waals surface area (Å²) in [5.74, 6) is 0.581. The van der Waals surface area contributed by atoms with E-state index in [1.165, 1.54) is 23.1 Å². The number of thioether (sulfide) groups is 1. The van der Waals surface area contributed by atoms with E-state index in [0.29, 0.717) is 18.9 Å². The van der Waals surface area contributed by atoms with E-state index in [0.717, 1.165) is 29.6 Å². The second-order valence-corrected chi connectivity index (χ2v) is 8.75. The van der Waals surface area contributed by atoms with Crippen molar-refractivity contribution in [1.82, 2.24) is 14.8 Å². The number of likely N-dealkylation sites (N-methyl/N-ethyl adjacent to an activating group) is 1. The average Bonchev–Trinajstić information content (AvgIpc) is 3.08. The molecule has 1 saturated heterocycles. The zero-order valence-corrected chi connectivity index (χ0v) is 16.0. The molecule has 1 aromatic heterocycles. The highest BCUT2D eigenvalue weighted by atomic mass is 32.2. The van der Waals surface area contributed by atoms with Gasteiger partial charge in [0.05, 0.1) is 0 Å². The summed E-state index contributed by atoms with van der Waals surface area (Å²) in [7, 11) is 2.11. The molecule has 1 aliphatic rings. The fourth-order valence-electron chi connectivity index (χ4n) is 3.00. The van der Waals surface area contributed by atoms with Crippen LogP contribution in [0.2, 0.25) is 0 Å². The van der Waals surface area contributed by atoms with Crippen molar-refractivity contribution < 1.29 is 14.7 Å². The fraction of sp³-hybridized carbons (Fsp3) is 0.688. The summed E-state index contributed by atoms with van der Waals surface area (Å²) in [6.07, 6.45) is 1.55. The van der Waals surface area contributed by atoms with Crippen LogP contribution in [0.3, 0.4) is 0 Å². The van der Waals surface area contributed by atoms with Crippen LogP contribution < -0.4 is 0 Å². The van der Waals surface area contributed by atoms with E-state index in [9.17, 15) is 9.59 Å². The Kier molecular flexibility index (Phi) is 7.06. The number of aromatic nitrogens is 1. The number of carboxylic acid groups (broad SMARTS) is 1. The van der Waals surface area contributed by atoms with Crippen LogP contribution in [0, 0.1) is 5.92 Å². The Morgan fingerprint density at radius 2 is 2.33 bits per heavy atom. The number of likely N-dealkylation sites (tertiary alicyclic amines) is 1. The van der Waals surface area contributed by atoms with Crippen molar-refractivity contribution >= 4 is 35.0 Å². The lowest BCUT2D eigenvalue weighted by atomic mass is 10.1. The molecule has 1 unspecified atom stereocenters. The number of thiazole rings is 1. The number of carbonyl (C=O) groups is 2. The van der Waals surface area contributed by atoms with Crippen LogP contribution >= 0.6 is 23.1 Å². The Morgan fingerprint density at radius 1 is 1.58 bits per heavy atom. The number of aromatic carboxylic acids is 1. The Balaban J connectivity index is 1.82. The smallest absolute Gasteiger partial charge is 0.355 e. The number of carbonyl (C=O) groups excluding carboxylic acids is 1. The lowest BCUT2D eigenvalue weighted by molar-refractivity contribution is -0.128. The maximum atomic E-state index is 12.1. The largest absolute Gasteiger partial charge is 0.476 e. The maximum absolute atomic E-state index is 12.1. The molecule has 1 fully saturated rings. The Morgan fingerprint density at radius 3 is 2.96 bits per heavy atom. The van der Waals surface area contributed by atoms with E-state index < -0.39 is 5.97 Å². The molecule has 0 bridgehead atoms. The van der Waals surface area contributed by atoms with Crippen LogP contribution in [-0.4, -0.2) is 70.2 Å². The van der Waals surface area contributed by atoms with E-state index in [1.54, 1.807) is 5.38 Å². The van der Waals surface area contributed by atoms with Crippen molar-refractivity contribution in [3.63, 3.8) is 0 Å². The molecule has 0 saturated carbocycles. The van der Waals surface area contributed by atoms with E-state index in [2.05, 4.69) is 30.8 Å². The molecule has 24 heavy (non-hydrogen) atoms. The number of hydrogen-bond donors (Lipinski definition) is 1. The number of hydrogen-bond acceptors (Lipinski definition) is 6. The first-order chi connectivity index (χ1) is 11.4. The number of amides is 1. The highest BCUT2D eigenvalue weighted by Crippen LogP contribution is 2.25. The minimum atomic E-state index is -0.999.